The monoisotopic (exact) mass is 152 g/mol. The van der Waals surface area contributed by atoms with E-state index in [-0.39, 0.29) is 0 Å². The van der Waals surface area contributed by atoms with Crippen molar-refractivity contribution in [3.63, 3.8) is 0 Å². The van der Waals surface area contributed by atoms with Crippen LogP contribution in [-0.2, 0) is 4.74 Å². The molecule has 2 N–H and O–H groups in total. The van der Waals surface area contributed by atoms with Crippen LogP contribution in [0.3, 0.4) is 0 Å². The Morgan fingerprint density at radius 2 is 2.55 bits per heavy atom. The van der Waals surface area contributed by atoms with Crippen molar-refractivity contribution in [2.75, 3.05) is 13.2 Å². The van der Waals surface area contributed by atoms with Crippen molar-refractivity contribution in [3.8, 4) is 0 Å². The van der Waals surface area contributed by atoms with Crippen LogP contribution in [0.5, 0.6) is 0 Å². The van der Waals surface area contributed by atoms with E-state index in [4.69, 9.17) is 4.74 Å². The Bertz CT molecular complexity index is 220. The molecule has 2 aliphatic heterocycles. The summed E-state index contributed by atoms with van der Waals surface area (Å²) in [6, 6.07) is 0.406. The first kappa shape index (κ1) is 6.58. The molecule has 0 saturated heterocycles. The number of hydrogen-bond acceptors (Lipinski definition) is 3. The van der Waals surface area contributed by atoms with Gasteiger partial charge in [-0.25, -0.2) is 0 Å². The van der Waals surface area contributed by atoms with Crippen LogP contribution < -0.4 is 10.6 Å². The molecule has 0 amide bonds. The van der Waals surface area contributed by atoms with E-state index in [9.17, 15) is 0 Å². The van der Waals surface area contributed by atoms with E-state index >= 15 is 0 Å². The molecule has 0 aromatic carbocycles. The lowest BCUT2D eigenvalue weighted by Crippen LogP contribution is -2.40. The molecule has 0 spiro atoms. The van der Waals surface area contributed by atoms with Crippen LogP contribution in [0, 0.1) is 0 Å². The Hall–Kier alpha value is -1.12. The van der Waals surface area contributed by atoms with E-state index < -0.39 is 0 Å². The third-order valence-electron chi connectivity index (χ3n) is 1.82. The van der Waals surface area contributed by atoms with E-state index in [1.807, 2.05) is 6.08 Å². The Morgan fingerprint density at radius 3 is 3.45 bits per heavy atom. The second-order valence-electron chi connectivity index (χ2n) is 2.81. The summed E-state index contributed by atoms with van der Waals surface area (Å²) < 4.78 is 5.40. The van der Waals surface area contributed by atoms with Crippen molar-refractivity contribution in [1.82, 2.24) is 10.6 Å². The minimum atomic E-state index is 0.406. The molecule has 0 saturated carbocycles. The summed E-state index contributed by atoms with van der Waals surface area (Å²) in [4.78, 5) is 0. The smallest absolute Gasteiger partial charge is 0.159 e. The molecule has 0 radical (unpaired) electrons. The van der Waals surface area contributed by atoms with Gasteiger partial charge in [-0.05, 0) is 13.0 Å². The Balaban J connectivity index is 2.20. The lowest BCUT2D eigenvalue weighted by atomic mass is 10.2. The summed E-state index contributed by atoms with van der Waals surface area (Å²) >= 11 is 0. The Labute approximate surface area is 66.1 Å². The normalized spacial score (nSPS) is 28.3. The van der Waals surface area contributed by atoms with Gasteiger partial charge in [0.25, 0.3) is 0 Å². The van der Waals surface area contributed by atoms with Gasteiger partial charge < -0.3 is 15.4 Å². The molecule has 0 aromatic rings. The number of allylic oxidation sites excluding steroid dienone is 1. The average molecular weight is 152 g/mol. The van der Waals surface area contributed by atoms with Gasteiger partial charge in [-0.2, -0.15) is 0 Å². The molecule has 1 unspecified atom stereocenters. The maximum Gasteiger partial charge on any atom is 0.159 e. The van der Waals surface area contributed by atoms with Crippen LogP contribution in [-0.4, -0.2) is 19.2 Å². The average Bonchev–Trinajstić information content (AvgIpc) is 2.04. The third-order valence-corrected chi connectivity index (χ3v) is 1.82. The number of nitrogens with one attached hydrogen (secondary N) is 2. The quantitative estimate of drug-likeness (QED) is 0.524. The summed E-state index contributed by atoms with van der Waals surface area (Å²) in [5.74, 6) is 1.97. The predicted octanol–water partition coefficient (Wildman–Crippen LogP) is 0.323. The highest BCUT2D eigenvalue weighted by Gasteiger charge is 2.15. The number of rotatable bonds is 0. The van der Waals surface area contributed by atoms with Crippen LogP contribution in [0.25, 0.3) is 0 Å². The zero-order chi connectivity index (χ0) is 7.68. The molecule has 3 heteroatoms. The number of hydrogen-bond donors (Lipinski definition) is 2. The first-order chi connectivity index (χ1) is 5.36. The van der Waals surface area contributed by atoms with Gasteiger partial charge in [-0.15, -0.1) is 0 Å². The lowest BCUT2D eigenvalue weighted by molar-refractivity contribution is 0.195. The van der Waals surface area contributed by atoms with Gasteiger partial charge in [0.15, 0.2) is 5.76 Å². The number of dihydropyridines is 1. The van der Waals surface area contributed by atoms with Gasteiger partial charge in [-0.1, -0.05) is 6.08 Å². The fourth-order valence-electron chi connectivity index (χ4n) is 1.26. The van der Waals surface area contributed by atoms with E-state index in [2.05, 4.69) is 23.6 Å². The third kappa shape index (κ3) is 1.18. The molecule has 2 rings (SSSR count). The van der Waals surface area contributed by atoms with Crippen molar-refractivity contribution < 1.29 is 4.74 Å². The second-order valence-corrected chi connectivity index (χ2v) is 2.81. The summed E-state index contributed by atoms with van der Waals surface area (Å²) in [6.45, 7) is 3.77. The summed E-state index contributed by atoms with van der Waals surface area (Å²) in [5, 5.41) is 6.52. The zero-order valence-electron chi connectivity index (χ0n) is 6.55. The van der Waals surface area contributed by atoms with E-state index in [1.54, 1.807) is 0 Å². The largest absolute Gasteiger partial charge is 0.488 e. The molecule has 0 bridgehead atoms. The highest BCUT2D eigenvalue weighted by molar-refractivity contribution is 5.25. The zero-order valence-corrected chi connectivity index (χ0v) is 6.55. The SMILES string of the molecule is CC1C=CC2=C(NCCO2)N1. The molecule has 60 valence electrons. The highest BCUT2D eigenvalue weighted by atomic mass is 16.5. The van der Waals surface area contributed by atoms with Crippen LogP contribution in [0.2, 0.25) is 0 Å². The Morgan fingerprint density at radius 1 is 1.64 bits per heavy atom. The maximum absolute atomic E-state index is 5.40. The van der Waals surface area contributed by atoms with Crippen molar-refractivity contribution in [3.05, 3.63) is 23.7 Å². The van der Waals surface area contributed by atoms with Gasteiger partial charge in [0.05, 0.1) is 6.54 Å². The molecule has 3 nitrogen and oxygen atoms in total. The van der Waals surface area contributed by atoms with Crippen LogP contribution >= 0.6 is 0 Å². The van der Waals surface area contributed by atoms with Crippen LogP contribution in [0.15, 0.2) is 23.7 Å². The van der Waals surface area contributed by atoms with Gasteiger partial charge in [-0.3, -0.25) is 0 Å². The van der Waals surface area contributed by atoms with E-state index in [1.165, 1.54) is 0 Å². The maximum atomic E-state index is 5.40. The van der Waals surface area contributed by atoms with Crippen LogP contribution in [0.4, 0.5) is 0 Å². The minimum absolute atomic E-state index is 0.406. The first-order valence-corrected chi connectivity index (χ1v) is 3.92. The molecular formula is C8H12N2O. The van der Waals surface area contributed by atoms with Crippen LogP contribution in [0.1, 0.15) is 6.92 Å². The summed E-state index contributed by atoms with van der Waals surface area (Å²) in [7, 11) is 0. The summed E-state index contributed by atoms with van der Waals surface area (Å²) in [6.07, 6.45) is 4.11. The fourth-order valence-corrected chi connectivity index (χ4v) is 1.26. The molecule has 0 aromatic heterocycles. The molecule has 11 heavy (non-hydrogen) atoms. The van der Waals surface area contributed by atoms with Gasteiger partial charge >= 0.3 is 0 Å². The van der Waals surface area contributed by atoms with Crippen molar-refractivity contribution >= 4 is 0 Å². The standard InChI is InChI=1S/C8H12N2O/c1-6-2-3-7-8(10-6)9-4-5-11-7/h2-3,6,9-10H,4-5H2,1H3. The van der Waals surface area contributed by atoms with E-state index in [0.717, 1.165) is 24.7 Å². The topological polar surface area (TPSA) is 33.3 Å². The Kier molecular flexibility index (Phi) is 1.49. The van der Waals surface area contributed by atoms with Gasteiger partial charge in [0.2, 0.25) is 0 Å². The summed E-state index contributed by atoms with van der Waals surface area (Å²) in [5.41, 5.74) is 0. The highest BCUT2D eigenvalue weighted by Crippen LogP contribution is 2.12. The fraction of sp³-hybridized carbons (Fsp3) is 0.500. The molecule has 2 aliphatic rings. The number of ether oxygens (including phenoxy) is 1. The molecule has 0 aliphatic carbocycles. The molecule has 0 fully saturated rings. The first-order valence-electron chi connectivity index (χ1n) is 3.92. The van der Waals surface area contributed by atoms with Gasteiger partial charge in [0.1, 0.15) is 12.4 Å². The van der Waals surface area contributed by atoms with Crippen molar-refractivity contribution in [2.24, 2.45) is 0 Å². The molecule has 2 heterocycles. The second kappa shape index (κ2) is 2.49. The van der Waals surface area contributed by atoms with Gasteiger partial charge in [0, 0.05) is 6.04 Å². The van der Waals surface area contributed by atoms with Crippen molar-refractivity contribution in [2.45, 2.75) is 13.0 Å². The minimum Gasteiger partial charge on any atom is -0.488 e. The van der Waals surface area contributed by atoms with Crippen molar-refractivity contribution in [1.29, 1.82) is 0 Å². The predicted molar refractivity (Wildman–Crippen MR) is 42.7 cm³/mol. The van der Waals surface area contributed by atoms with E-state index in [0.29, 0.717) is 6.04 Å². The molecule has 1 atom stereocenters. The molecular weight excluding hydrogens is 140 g/mol. The lowest BCUT2D eigenvalue weighted by Gasteiger charge is -2.27.